The van der Waals surface area contributed by atoms with Crippen molar-refractivity contribution in [2.24, 2.45) is 0 Å². The lowest BCUT2D eigenvalue weighted by molar-refractivity contribution is -0.129. The van der Waals surface area contributed by atoms with E-state index in [0.29, 0.717) is 11.3 Å². The lowest BCUT2D eigenvalue weighted by Gasteiger charge is -2.03. The Balaban J connectivity index is 2.06. The summed E-state index contributed by atoms with van der Waals surface area (Å²) in [5.41, 5.74) is 0.480. The largest absolute Gasteiger partial charge is 0.423 e. The second kappa shape index (κ2) is 4.98. The monoisotopic (exact) mass is 213 g/mol. The Morgan fingerprint density at radius 2 is 1.94 bits per heavy atom. The third-order valence-corrected chi connectivity index (χ3v) is 2.01. The van der Waals surface area contributed by atoms with Gasteiger partial charge >= 0.3 is 5.97 Å². The van der Waals surface area contributed by atoms with Gasteiger partial charge in [-0.1, -0.05) is 24.3 Å². The molecule has 1 aromatic carbocycles. The van der Waals surface area contributed by atoms with E-state index in [2.05, 4.69) is 5.32 Å². The van der Waals surface area contributed by atoms with Gasteiger partial charge in [0.15, 0.2) is 0 Å². The summed E-state index contributed by atoms with van der Waals surface area (Å²) in [4.78, 5) is 11.7. The molecule has 2 rings (SSSR count). The van der Waals surface area contributed by atoms with Gasteiger partial charge in [0, 0.05) is 12.4 Å². The first-order valence-corrected chi connectivity index (χ1v) is 4.93. The third-order valence-electron chi connectivity index (χ3n) is 2.01. The normalized spacial score (nSPS) is 13.6. The highest BCUT2D eigenvalue weighted by Crippen LogP contribution is 2.11. The summed E-state index contributed by atoms with van der Waals surface area (Å²) in [6.07, 6.45) is 8.61. The number of para-hydroxylation sites is 1. The molecule has 0 spiro atoms. The van der Waals surface area contributed by atoms with Crippen molar-refractivity contribution in [3.05, 3.63) is 66.5 Å². The van der Waals surface area contributed by atoms with Crippen molar-refractivity contribution < 1.29 is 9.53 Å². The first kappa shape index (κ1) is 10.2. The van der Waals surface area contributed by atoms with Gasteiger partial charge in [0.25, 0.3) is 0 Å². The number of ether oxygens (including phenoxy) is 1. The Hall–Kier alpha value is -2.29. The van der Waals surface area contributed by atoms with Crippen LogP contribution in [0, 0.1) is 0 Å². The van der Waals surface area contributed by atoms with Crippen molar-refractivity contribution in [2.45, 2.75) is 0 Å². The van der Waals surface area contributed by atoms with Crippen molar-refractivity contribution in [2.75, 3.05) is 0 Å². The lowest BCUT2D eigenvalue weighted by Crippen LogP contribution is -2.11. The SMILES string of the molecule is O=C(Oc1ccccc1)C1=CNC=CC=C1. The van der Waals surface area contributed by atoms with Gasteiger partial charge in [-0.05, 0) is 24.3 Å². The van der Waals surface area contributed by atoms with Crippen LogP contribution in [-0.2, 0) is 4.79 Å². The molecule has 1 aliphatic rings. The minimum atomic E-state index is -0.376. The van der Waals surface area contributed by atoms with Crippen molar-refractivity contribution >= 4 is 5.97 Å². The van der Waals surface area contributed by atoms with Crippen LogP contribution in [0.5, 0.6) is 5.75 Å². The molecule has 0 amide bonds. The van der Waals surface area contributed by atoms with Gasteiger partial charge in [-0.25, -0.2) is 4.79 Å². The topological polar surface area (TPSA) is 38.3 Å². The molecule has 0 radical (unpaired) electrons. The molecule has 1 aliphatic heterocycles. The van der Waals surface area contributed by atoms with Crippen LogP contribution < -0.4 is 10.1 Å². The zero-order chi connectivity index (χ0) is 11.2. The number of hydrogen-bond donors (Lipinski definition) is 1. The molecule has 1 N–H and O–H groups in total. The molecule has 0 unspecified atom stereocenters. The van der Waals surface area contributed by atoms with E-state index >= 15 is 0 Å². The molecule has 0 aliphatic carbocycles. The second-order valence-electron chi connectivity index (χ2n) is 3.19. The molecule has 3 heteroatoms. The first-order valence-electron chi connectivity index (χ1n) is 4.93. The highest BCUT2D eigenvalue weighted by molar-refractivity contribution is 5.93. The van der Waals surface area contributed by atoms with Crippen LogP contribution in [0.1, 0.15) is 0 Å². The van der Waals surface area contributed by atoms with E-state index in [1.807, 2.05) is 18.2 Å². The fourth-order valence-electron chi connectivity index (χ4n) is 1.24. The van der Waals surface area contributed by atoms with Crippen LogP contribution in [-0.4, -0.2) is 5.97 Å². The maximum atomic E-state index is 11.7. The Bertz CT molecular complexity index is 458. The zero-order valence-electron chi connectivity index (χ0n) is 8.59. The summed E-state index contributed by atoms with van der Waals surface area (Å²) in [6.45, 7) is 0. The number of allylic oxidation sites excluding steroid dienone is 2. The first-order chi connectivity index (χ1) is 7.86. The molecule has 0 saturated carbocycles. The molecule has 80 valence electrons. The van der Waals surface area contributed by atoms with Gasteiger partial charge in [0.1, 0.15) is 5.75 Å². The average Bonchev–Trinajstić information content (AvgIpc) is 2.59. The minimum absolute atomic E-state index is 0.376. The molecule has 3 nitrogen and oxygen atoms in total. The van der Waals surface area contributed by atoms with E-state index in [9.17, 15) is 4.79 Å². The van der Waals surface area contributed by atoms with Crippen LogP contribution in [0.4, 0.5) is 0 Å². The molecule has 0 bridgehead atoms. The molecule has 0 atom stereocenters. The number of benzene rings is 1. The molecular formula is C13H11NO2. The van der Waals surface area contributed by atoms with Gasteiger partial charge in [-0.2, -0.15) is 0 Å². The fourth-order valence-corrected chi connectivity index (χ4v) is 1.24. The highest BCUT2D eigenvalue weighted by Gasteiger charge is 2.09. The van der Waals surface area contributed by atoms with Crippen LogP contribution in [0.15, 0.2) is 66.5 Å². The fraction of sp³-hybridized carbons (Fsp3) is 0. The van der Waals surface area contributed by atoms with Gasteiger partial charge in [0.05, 0.1) is 5.57 Å². The summed E-state index contributed by atoms with van der Waals surface area (Å²) in [5, 5.41) is 2.86. The Morgan fingerprint density at radius 3 is 2.75 bits per heavy atom. The zero-order valence-corrected chi connectivity index (χ0v) is 8.59. The number of nitrogens with one attached hydrogen (secondary N) is 1. The smallest absolute Gasteiger partial charge is 0.345 e. The molecule has 1 heterocycles. The molecule has 1 aromatic rings. The minimum Gasteiger partial charge on any atom is -0.423 e. The van der Waals surface area contributed by atoms with Crippen molar-refractivity contribution in [3.63, 3.8) is 0 Å². The number of esters is 1. The van der Waals surface area contributed by atoms with Gasteiger partial charge in [-0.15, -0.1) is 0 Å². The van der Waals surface area contributed by atoms with Crippen molar-refractivity contribution in [3.8, 4) is 5.75 Å². The van der Waals surface area contributed by atoms with E-state index in [1.165, 1.54) is 0 Å². The lowest BCUT2D eigenvalue weighted by atomic mass is 10.2. The summed E-state index contributed by atoms with van der Waals surface area (Å²) < 4.78 is 5.18. The number of carbonyl (C=O) groups excluding carboxylic acids is 1. The van der Waals surface area contributed by atoms with Crippen LogP contribution in [0.3, 0.4) is 0 Å². The average molecular weight is 213 g/mol. The van der Waals surface area contributed by atoms with E-state index in [-0.39, 0.29) is 5.97 Å². The number of hydrogen-bond acceptors (Lipinski definition) is 3. The summed E-state index contributed by atoms with van der Waals surface area (Å²) in [6, 6.07) is 8.99. The quantitative estimate of drug-likeness (QED) is 0.604. The summed E-state index contributed by atoms with van der Waals surface area (Å²) in [7, 11) is 0. The molecular weight excluding hydrogens is 202 g/mol. The van der Waals surface area contributed by atoms with Gasteiger partial charge in [0.2, 0.25) is 0 Å². The van der Waals surface area contributed by atoms with Crippen LogP contribution >= 0.6 is 0 Å². The van der Waals surface area contributed by atoms with Gasteiger partial charge < -0.3 is 10.1 Å². The molecule has 0 fully saturated rings. The van der Waals surface area contributed by atoms with Crippen LogP contribution in [0.2, 0.25) is 0 Å². The van der Waals surface area contributed by atoms with Gasteiger partial charge in [-0.3, -0.25) is 0 Å². The molecule has 0 aromatic heterocycles. The van der Waals surface area contributed by atoms with E-state index in [0.717, 1.165) is 0 Å². The van der Waals surface area contributed by atoms with Crippen LogP contribution in [0.25, 0.3) is 0 Å². The maximum Gasteiger partial charge on any atom is 0.345 e. The Morgan fingerprint density at radius 1 is 1.12 bits per heavy atom. The maximum absolute atomic E-state index is 11.7. The predicted molar refractivity (Wildman–Crippen MR) is 61.6 cm³/mol. The van der Waals surface area contributed by atoms with E-state index in [1.54, 1.807) is 42.8 Å². The Labute approximate surface area is 93.7 Å². The third kappa shape index (κ3) is 2.60. The molecule has 0 saturated heterocycles. The predicted octanol–water partition coefficient (Wildman–Crippen LogP) is 2.15. The molecule has 16 heavy (non-hydrogen) atoms. The highest BCUT2D eigenvalue weighted by atomic mass is 16.5. The van der Waals surface area contributed by atoms with E-state index in [4.69, 9.17) is 4.74 Å². The number of rotatable bonds is 2. The Kier molecular flexibility index (Phi) is 3.18. The van der Waals surface area contributed by atoms with Crippen molar-refractivity contribution in [1.82, 2.24) is 5.32 Å². The summed E-state index contributed by atoms with van der Waals surface area (Å²) >= 11 is 0. The summed E-state index contributed by atoms with van der Waals surface area (Å²) in [5.74, 6) is 0.164. The van der Waals surface area contributed by atoms with Crippen molar-refractivity contribution in [1.29, 1.82) is 0 Å². The second-order valence-corrected chi connectivity index (χ2v) is 3.19. The standard InChI is InChI=1S/C13H11NO2/c15-13(11-6-4-5-9-14-10-11)16-12-7-2-1-3-8-12/h1-10,14H. The van der Waals surface area contributed by atoms with E-state index < -0.39 is 0 Å². The number of carbonyl (C=O) groups is 1.